The van der Waals surface area contributed by atoms with Crippen LogP contribution >= 0.6 is 27.5 Å². The van der Waals surface area contributed by atoms with Crippen molar-refractivity contribution in [1.29, 1.82) is 0 Å². The van der Waals surface area contributed by atoms with E-state index in [1.165, 1.54) is 4.90 Å². The highest BCUT2D eigenvalue weighted by atomic mass is 79.9. The van der Waals surface area contributed by atoms with E-state index < -0.39 is 12.0 Å². The Morgan fingerprint density at radius 3 is 2.75 bits per heavy atom. The van der Waals surface area contributed by atoms with Gasteiger partial charge >= 0.3 is 12.0 Å². The fourth-order valence-electron chi connectivity index (χ4n) is 1.78. The standard InChI is InChI=1S/C13H14BrClN2O3/c14-9-3-4-10(15)11(5-9)16-13(20)17(7-12(18)19)6-8-1-2-8/h3-5,8H,1-2,6-7H2,(H,16,20)(H,18,19). The molecule has 1 aromatic carbocycles. The highest BCUT2D eigenvalue weighted by molar-refractivity contribution is 9.10. The van der Waals surface area contributed by atoms with Gasteiger partial charge in [0.05, 0.1) is 10.7 Å². The fourth-order valence-corrected chi connectivity index (χ4v) is 2.31. The second-order valence-corrected chi connectivity index (χ2v) is 6.09. The van der Waals surface area contributed by atoms with Gasteiger partial charge in [0.15, 0.2) is 0 Å². The first kappa shape index (κ1) is 15.1. The lowest BCUT2D eigenvalue weighted by Gasteiger charge is -2.21. The van der Waals surface area contributed by atoms with Crippen LogP contribution in [0.25, 0.3) is 0 Å². The minimum absolute atomic E-state index is 0.312. The number of carbonyl (C=O) groups excluding carboxylic acids is 1. The zero-order valence-corrected chi connectivity index (χ0v) is 12.9. The molecule has 0 spiro atoms. The summed E-state index contributed by atoms with van der Waals surface area (Å²) in [6.07, 6.45) is 2.09. The van der Waals surface area contributed by atoms with E-state index in [1.54, 1.807) is 18.2 Å². The lowest BCUT2D eigenvalue weighted by atomic mass is 10.3. The molecule has 2 amide bonds. The summed E-state index contributed by atoms with van der Waals surface area (Å²) in [6, 6.07) is 4.65. The molecule has 108 valence electrons. The van der Waals surface area contributed by atoms with Gasteiger partial charge in [-0.25, -0.2) is 4.79 Å². The molecule has 7 heteroatoms. The van der Waals surface area contributed by atoms with Crippen LogP contribution in [-0.2, 0) is 4.79 Å². The van der Waals surface area contributed by atoms with E-state index in [1.807, 2.05) is 0 Å². The van der Waals surface area contributed by atoms with E-state index in [0.29, 0.717) is 23.2 Å². The number of carboxylic acid groups (broad SMARTS) is 1. The molecule has 0 unspecified atom stereocenters. The molecule has 0 atom stereocenters. The molecule has 1 fully saturated rings. The van der Waals surface area contributed by atoms with Gasteiger partial charge in [-0.1, -0.05) is 27.5 Å². The van der Waals surface area contributed by atoms with Crippen molar-refractivity contribution in [1.82, 2.24) is 4.90 Å². The summed E-state index contributed by atoms with van der Waals surface area (Å²) in [4.78, 5) is 24.3. The number of benzene rings is 1. The fraction of sp³-hybridized carbons (Fsp3) is 0.385. The Morgan fingerprint density at radius 2 is 2.15 bits per heavy atom. The Balaban J connectivity index is 2.06. The Labute approximate surface area is 130 Å². The van der Waals surface area contributed by atoms with E-state index in [-0.39, 0.29) is 6.54 Å². The van der Waals surface area contributed by atoms with E-state index in [0.717, 1.165) is 17.3 Å². The predicted molar refractivity (Wildman–Crippen MR) is 80.1 cm³/mol. The number of carboxylic acids is 1. The number of halogens is 2. The van der Waals surface area contributed by atoms with Crippen molar-refractivity contribution in [3.05, 3.63) is 27.7 Å². The minimum atomic E-state index is -1.03. The SMILES string of the molecule is O=C(O)CN(CC1CC1)C(=O)Nc1cc(Br)ccc1Cl. The molecule has 0 heterocycles. The largest absolute Gasteiger partial charge is 0.480 e. The Hall–Kier alpha value is -1.27. The number of hydrogen-bond donors (Lipinski definition) is 2. The maximum atomic E-state index is 12.2. The number of nitrogens with one attached hydrogen (secondary N) is 1. The molecule has 0 aliphatic heterocycles. The molecule has 1 aliphatic rings. The van der Waals surface area contributed by atoms with Crippen LogP contribution in [0.4, 0.5) is 10.5 Å². The number of rotatable bonds is 5. The zero-order chi connectivity index (χ0) is 14.7. The lowest BCUT2D eigenvalue weighted by Crippen LogP contribution is -2.40. The van der Waals surface area contributed by atoms with Crippen LogP contribution in [0.1, 0.15) is 12.8 Å². The van der Waals surface area contributed by atoms with Gasteiger partial charge in [-0.15, -0.1) is 0 Å². The molecule has 5 nitrogen and oxygen atoms in total. The molecule has 0 radical (unpaired) electrons. The van der Waals surface area contributed by atoms with Crippen molar-refractivity contribution in [3.8, 4) is 0 Å². The van der Waals surface area contributed by atoms with Crippen molar-refractivity contribution in [3.63, 3.8) is 0 Å². The summed E-state index contributed by atoms with van der Waals surface area (Å²) in [5, 5.41) is 11.9. The average Bonchev–Trinajstić information content (AvgIpc) is 3.16. The van der Waals surface area contributed by atoms with Crippen LogP contribution in [-0.4, -0.2) is 35.1 Å². The molecule has 1 saturated carbocycles. The van der Waals surface area contributed by atoms with Crippen LogP contribution in [0, 0.1) is 5.92 Å². The topological polar surface area (TPSA) is 69.6 Å². The Bertz CT molecular complexity index is 534. The number of carbonyl (C=O) groups is 2. The van der Waals surface area contributed by atoms with Crippen molar-refractivity contribution < 1.29 is 14.7 Å². The van der Waals surface area contributed by atoms with Crippen molar-refractivity contribution >= 4 is 45.2 Å². The second kappa shape index (κ2) is 6.45. The summed E-state index contributed by atoms with van der Waals surface area (Å²) < 4.78 is 0.782. The summed E-state index contributed by atoms with van der Waals surface area (Å²) >= 11 is 9.29. The molecular formula is C13H14BrClN2O3. The lowest BCUT2D eigenvalue weighted by molar-refractivity contribution is -0.137. The smallest absolute Gasteiger partial charge is 0.323 e. The molecule has 2 N–H and O–H groups in total. The molecule has 2 rings (SSSR count). The second-order valence-electron chi connectivity index (χ2n) is 4.77. The van der Waals surface area contributed by atoms with E-state index >= 15 is 0 Å². The van der Waals surface area contributed by atoms with Gasteiger partial charge in [-0.05, 0) is 37.0 Å². The number of amides is 2. The van der Waals surface area contributed by atoms with Gasteiger partial charge in [0.2, 0.25) is 0 Å². The highest BCUT2D eigenvalue weighted by Gasteiger charge is 2.28. The molecule has 20 heavy (non-hydrogen) atoms. The maximum absolute atomic E-state index is 12.2. The predicted octanol–water partition coefficient (Wildman–Crippen LogP) is 3.43. The third-order valence-electron chi connectivity index (χ3n) is 2.96. The summed E-state index contributed by atoms with van der Waals surface area (Å²) in [7, 11) is 0. The maximum Gasteiger partial charge on any atom is 0.323 e. The van der Waals surface area contributed by atoms with Crippen LogP contribution < -0.4 is 5.32 Å². The Kier molecular flexibility index (Phi) is 4.88. The zero-order valence-electron chi connectivity index (χ0n) is 10.6. The molecule has 0 bridgehead atoms. The molecule has 0 saturated heterocycles. The van der Waals surface area contributed by atoms with Crippen molar-refractivity contribution in [2.24, 2.45) is 5.92 Å². The minimum Gasteiger partial charge on any atom is -0.480 e. The number of nitrogens with zero attached hydrogens (tertiary/aromatic N) is 1. The van der Waals surface area contributed by atoms with Gasteiger partial charge < -0.3 is 15.3 Å². The van der Waals surface area contributed by atoms with E-state index in [2.05, 4.69) is 21.2 Å². The monoisotopic (exact) mass is 360 g/mol. The first-order chi connectivity index (χ1) is 9.45. The number of aliphatic carboxylic acids is 1. The number of urea groups is 1. The van der Waals surface area contributed by atoms with Crippen molar-refractivity contribution in [2.45, 2.75) is 12.8 Å². The molecule has 0 aromatic heterocycles. The number of anilines is 1. The van der Waals surface area contributed by atoms with Gasteiger partial charge in [0.25, 0.3) is 0 Å². The van der Waals surface area contributed by atoms with Gasteiger partial charge in [-0.3, -0.25) is 4.79 Å². The van der Waals surface area contributed by atoms with Crippen LogP contribution in [0.2, 0.25) is 5.02 Å². The molecule has 1 aromatic rings. The summed E-state index contributed by atoms with van der Waals surface area (Å²) in [5.41, 5.74) is 0.456. The van der Waals surface area contributed by atoms with Crippen molar-refractivity contribution in [2.75, 3.05) is 18.4 Å². The molecular weight excluding hydrogens is 348 g/mol. The third kappa shape index (κ3) is 4.38. The average molecular weight is 362 g/mol. The van der Waals surface area contributed by atoms with E-state index in [9.17, 15) is 9.59 Å². The first-order valence-corrected chi connectivity index (χ1v) is 7.35. The third-order valence-corrected chi connectivity index (χ3v) is 3.78. The quantitative estimate of drug-likeness (QED) is 0.844. The van der Waals surface area contributed by atoms with Gasteiger partial charge in [0, 0.05) is 11.0 Å². The summed E-state index contributed by atoms with van der Waals surface area (Å²) in [6.45, 7) is 0.151. The van der Waals surface area contributed by atoms with Crippen LogP contribution in [0.5, 0.6) is 0 Å². The van der Waals surface area contributed by atoms with E-state index in [4.69, 9.17) is 16.7 Å². The molecule has 1 aliphatic carbocycles. The highest BCUT2D eigenvalue weighted by Crippen LogP contribution is 2.30. The van der Waals surface area contributed by atoms with Gasteiger partial charge in [-0.2, -0.15) is 0 Å². The van der Waals surface area contributed by atoms with Gasteiger partial charge in [0.1, 0.15) is 6.54 Å². The Morgan fingerprint density at radius 1 is 1.45 bits per heavy atom. The van der Waals surface area contributed by atoms with Crippen LogP contribution in [0.3, 0.4) is 0 Å². The summed E-state index contributed by atoms with van der Waals surface area (Å²) in [5.74, 6) is -0.612. The normalized spacial score (nSPS) is 13.9. The van der Waals surface area contributed by atoms with Crippen LogP contribution in [0.15, 0.2) is 22.7 Å². The number of hydrogen-bond acceptors (Lipinski definition) is 2. The first-order valence-electron chi connectivity index (χ1n) is 6.18.